The summed E-state index contributed by atoms with van der Waals surface area (Å²) >= 11 is 4.08. The minimum Gasteiger partial charge on any atom is -0.457 e. The standard InChI is InChI=1S/C20H16BrFN2O4S/c21-15-9-12(22)3-5-14(15)16-6-4-13(28-16)10-17-19(26)24(20(27)29-17)11-18(25)23-7-1-2-8-23/h3-6,9-10H,1-2,7-8,11H2/b17-10+. The highest BCUT2D eigenvalue weighted by atomic mass is 79.9. The summed E-state index contributed by atoms with van der Waals surface area (Å²) in [6.07, 6.45) is 3.36. The molecule has 29 heavy (non-hydrogen) atoms. The maximum absolute atomic E-state index is 13.3. The molecule has 0 N–H and O–H groups in total. The molecule has 0 atom stereocenters. The second kappa shape index (κ2) is 8.16. The van der Waals surface area contributed by atoms with Crippen molar-refractivity contribution in [2.45, 2.75) is 12.8 Å². The molecule has 0 bridgehead atoms. The monoisotopic (exact) mass is 478 g/mol. The van der Waals surface area contributed by atoms with E-state index < -0.39 is 11.1 Å². The highest BCUT2D eigenvalue weighted by molar-refractivity contribution is 9.10. The van der Waals surface area contributed by atoms with Crippen molar-refractivity contribution in [3.05, 3.63) is 51.3 Å². The number of amides is 3. The van der Waals surface area contributed by atoms with E-state index in [0.29, 0.717) is 34.6 Å². The summed E-state index contributed by atoms with van der Waals surface area (Å²) < 4.78 is 19.5. The number of furan rings is 1. The van der Waals surface area contributed by atoms with Crippen molar-refractivity contribution in [3.8, 4) is 11.3 Å². The van der Waals surface area contributed by atoms with E-state index in [0.717, 1.165) is 29.5 Å². The number of rotatable bonds is 4. The van der Waals surface area contributed by atoms with Gasteiger partial charge in [0.2, 0.25) is 5.91 Å². The third kappa shape index (κ3) is 4.16. The first-order valence-corrected chi connectivity index (χ1v) is 10.6. The van der Waals surface area contributed by atoms with Crippen LogP contribution in [0.5, 0.6) is 0 Å². The summed E-state index contributed by atoms with van der Waals surface area (Å²) in [5.41, 5.74) is 0.662. The molecule has 0 spiro atoms. The maximum Gasteiger partial charge on any atom is 0.294 e. The number of nitrogens with zero attached hydrogens (tertiary/aromatic N) is 2. The minimum absolute atomic E-state index is 0.197. The van der Waals surface area contributed by atoms with Crippen LogP contribution in [0.25, 0.3) is 17.4 Å². The summed E-state index contributed by atoms with van der Waals surface area (Å²) in [7, 11) is 0. The Morgan fingerprint density at radius 1 is 1.21 bits per heavy atom. The maximum atomic E-state index is 13.3. The highest BCUT2D eigenvalue weighted by Gasteiger charge is 2.37. The smallest absolute Gasteiger partial charge is 0.294 e. The molecule has 1 aromatic heterocycles. The fourth-order valence-electron chi connectivity index (χ4n) is 3.23. The fraction of sp³-hybridized carbons (Fsp3) is 0.250. The predicted molar refractivity (Wildman–Crippen MR) is 110 cm³/mol. The second-order valence-electron chi connectivity index (χ2n) is 6.68. The highest BCUT2D eigenvalue weighted by Crippen LogP contribution is 2.35. The van der Waals surface area contributed by atoms with Gasteiger partial charge >= 0.3 is 0 Å². The van der Waals surface area contributed by atoms with E-state index >= 15 is 0 Å². The van der Waals surface area contributed by atoms with Crippen molar-refractivity contribution in [3.63, 3.8) is 0 Å². The number of halogens is 2. The molecule has 3 amide bonds. The summed E-state index contributed by atoms with van der Waals surface area (Å²) in [6.45, 7) is 1.09. The lowest BCUT2D eigenvalue weighted by atomic mass is 10.2. The van der Waals surface area contributed by atoms with Gasteiger partial charge in [-0.2, -0.15) is 0 Å². The normalized spacial score (nSPS) is 18.3. The van der Waals surface area contributed by atoms with Crippen LogP contribution in [0.4, 0.5) is 9.18 Å². The first kappa shape index (κ1) is 19.9. The SMILES string of the molecule is O=C(CN1C(=O)S/C(=C/c2ccc(-c3ccc(F)cc3Br)o2)C1=O)N1CCCC1. The zero-order valence-electron chi connectivity index (χ0n) is 15.2. The predicted octanol–water partition coefficient (Wildman–Crippen LogP) is 4.51. The topological polar surface area (TPSA) is 70.8 Å². The Kier molecular flexibility index (Phi) is 5.60. The molecular weight excluding hydrogens is 463 g/mol. The van der Waals surface area contributed by atoms with Crippen LogP contribution in [-0.2, 0) is 9.59 Å². The molecule has 0 aliphatic carbocycles. The van der Waals surface area contributed by atoms with Crippen LogP contribution in [0.3, 0.4) is 0 Å². The van der Waals surface area contributed by atoms with E-state index in [-0.39, 0.29) is 23.2 Å². The lowest BCUT2D eigenvalue weighted by Crippen LogP contribution is -2.40. The van der Waals surface area contributed by atoms with E-state index in [4.69, 9.17) is 4.42 Å². The van der Waals surface area contributed by atoms with Crippen LogP contribution in [0, 0.1) is 5.82 Å². The van der Waals surface area contributed by atoms with E-state index in [1.165, 1.54) is 18.2 Å². The molecule has 4 rings (SSSR count). The average molecular weight is 479 g/mol. The summed E-state index contributed by atoms with van der Waals surface area (Å²) in [4.78, 5) is 39.9. The molecule has 150 valence electrons. The molecule has 2 saturated heterocycles. The van der Waals surface area contributed by atoms with Crippen molar-refractivity contribution in [2.24, 2.45) is 0 Å². The van der Waals surface area contributed by atoms with Gasteiger partial charge < -0.3 is 9.32 Å². The Bertz CT molecular complexity index is 1030. The Morgan fingerprint density at radius 2 is 1.97 bits per heavy atom. The van der Waals surface area contributed by atoms with Gasteiger partial charge in [0.1, 0.15) is 23.9 Å². The molecule has 2 aliphatic rings. The van der Waals surface area contributed by atoms with Gasteiger partial charge in [-0.15, -0.1) is 0 Å². The van der Waals surface area contributed by atoms with Crippen LogP contribution in [0.2, 0.25) is 0 Å². The minimum atomic E-state index is -0.506. The van der Waals surface area contributed by atoms with E-state index in [1.54, 1.807) is 23.1 Å². The largest absolute Gasteiger partial charge is 0.457 e. The first-order valence-electron chi connectivity index (χ1n) is 9.01. The van der Waals surface area contributed by atoms with Gasteiger partial charge in [-0.3, -0.25) is 19.3 Å². The van der Waals surface area contributed by atoms with Crippen LogP contribution in [-0.4, -0.2) is 46.5 Å². The lowest BCUT2D eigenvalue weighted by molar-refractivity contribution is -0.135. The van der Waals surface area contributed by atoms with Gasteiger partial charge in [0.25, 0.3) is 11.1 Å². The molecule has 3 heterocycles. The van der Waals surface area contributed by atoms with Gasteiger partial charge in [-0.1, -0.05) is 0 Å². The fourth-order valence-corrected chi connectivity index (χ4v) is 4.60. The third-order valence-electron chi connectivity index (χ3n) is 4.72. The van der Waals surface area contributed by atoms with Crippen molar-refractivity contribution in [1.29, 1.82) is 0 Å². The van der Waals surface area contributed by atoms with E-state index in [9.17, 15) is 18.8 Å². The number of carbonyl (C=O) groups is 3. The van der Waals surface area contributed by atoms with E-state index in [1.807, 2.05) is 0 Å². The van der Waals surface area contributed by atoms with Crippen LogP contribution in [0.1, 0.15) is 18.6 Å². The Morgan fingerprint density at radius 3 is 2.69 bits per heavy atom. The number of imide groups is 1. The van der Waals surface area contributed by atoms with Crippen molar-refractivity contribution < 1.29 is 23.2 Å². The Hall–Kier alpha value is -2.39. The lowest BCUT2D eigenvalue weighted by Gasteiger charge is -2.18. The molecule has 0 unspecified atom stereocenters. The molecule has 2 aliphatic heterocycles. The Labute approximate surface area is 178 Å². The Balaban J connectivity index is 1.50. The third-order valence-corrected chi connectivity index (χ3v) is 6.29. The second-order valence-corrected chi connectivity index (χ2v) is 8.53. The molecule has 1 aromatic carbocycles. The summed E-state index contributed by atoms with van der Waals surface area (Å²) in [5, 5.41) is -0.471. The van der Waals surface area contributed by atoms with Crippen LogP contribution >= 0.6 is 27.7 Å². The number of carbonyl (C=O) groups excluding carboxylic acids is 3. The molecule has 9 heteroatoms. The molecule has 2 fully saturated rings. The van der Waals surface area contributed by atoms with Gasteiger partial charge in [0.15, 0.2) is 0 Å². The molecule has 0 radical (unpaired) electrons. The summed E-state index contributed by atoms with van der Waals surface area (Å²) in [5.74, 6) is -0.218. The van der Waals surface area contributed by atoms with Crippen molar-refractivity contribution >= 4 is 50.8 Å². The molecule has 2 aromatic rings. The number of hydrogen-bond donors (Lipinski definition) is 0. The van der Waals surface area contributed by atoms with Crippen molar-refractivity contribution in [2.75, 3.05) is 19.6 Å². The number of thioether (sulfide) groups is 1. The zero-order chi connectivity index (χ0) is 20.5. The molecule has 6 nitrogen and oxygen atoms in total. The van der Waals surface area contributed by atoms with Crippen molar-refractivity contribution in [1.82, 2.24) is 9.80 Å². The molecule has 0 saturated carbocycles. The number of likely N-dealkylation sites (tertiary alicyclic amines) is 1. The van der Waals surface area contributed by atoms with Crippen LogP contribution in [0.15, 0.2) is 44.1 Å². The quantitative estimate of drug-likeness (QED) is 0.604. The molecular formula is C20H16BrFN2O4S. The van der Waals surface area contributed by atoms with Gasteiger partial charge in [0, 0.05) is 29.2 Å². The average Bonchev–Trinajstić information content (AvgIpc) is 3.41. The first-order chi connectivity index (χ1) is 13.9. The zero-order valence-corrected chi connectivity index (χ0v) is 17.6. The number of hydrogen-bond acceptors (Lipinski definition) is 5. The van der Waals surface area contributed by atoms with Gasteiger partial charge in [-0.25, -0.2) is 4.39 Å². The van der Waals surface area contributed by atoms with Crippen LogP contribution < -0.4 is 0 Å². The van der Waals surface area contributed by atoms with Gasteiger partial charge in [-0.05, 0) is 70.9 Å². The van der Waals surface area contributed by atoms with E-state index in [2.05, 4.69) is 15.9 Å². The summed E-state index contributed by atoms with van der Waals surface area (Å²) in [6, 6.07) is 7.60. The van der Waals surface area contributed by atoms with Gasteiger partial charge in [0.05, 0.1) is 4.91 Å². The number of benzene rings is 1.